The third-order valence-electron chi connectivity index (χ3n) is 2.30. The molecular weight excluding hydrogens is 228 g/mol. The monoisotopic (exact) mass is 242 g/mol. The van der Waals surface area contributed by atoms with Crippen LogP contribution in [0.5, 0.6) is 0 Å². The number of benzene rings is 1. The summed E-state index contributed by atoms with van der Waals surface area (Å²) in [5, 5.41) is 8.89. The van der Waals surface area contributed by atoms with E-state index in [-0.39, 0.29) is 16.4 Å². The first-order valence-electron chi connectivity index (χ1n) is 4.80. The highest BCUT2D eigenvalue weighted by Crippen LogP contribution is 2.22. The van der Waals surface area contributed by atoms with Crippen LogP contribution in [0, 0.1) is 0 Å². The van der Waals surface area contributed by atoms with Crippen LogP contribution < -0.4 is 0 Å². The van der Waals surface area contributed by atoms with Crippen LogP contribution >= 0.6 is 0 Å². The fraction of sp³-hybridized carbons (Fsp3) is 0.364. The molecule has 1 aromatic carbocycles. The fourth-order valence-corrected chi connectivity index (χ4v) is 2.29. The largest absolute Gasteiger partial charge is 0.478 e. The molecule has 1 N–H and O–H groups in total. The summed E-state index contributed by atoms with van der Waals surface area (Å²) in [7, 11) is -3.52. The highest BCUT2D eigenvalue weighted by molar-refractivity contribution is 7.90. The topological polar surface area (TPSA) is 71.4 Å². The van der Waals surface area contributed by atoms with Gasteiger partial charge in [-0.15, -0.1) is 0 Å². The van der Waals surface area contributed by atoms with Crippen molar-refractivity contribution < 1.29 is 18.3 Å². The van der Waals surface area contributed by atoms with Crippen molar-refractivity contribution in [1.29, 1.82) is 0 Å². The van der Waals surface area contributed by atoms with Gasteiger partial charge in [-0.05, 0) is 23.6 Å². The molecule has 0 bridgehead atoms. The molecule has 5 heteroatoms. The van der Waals surface area contributed by atoms with Gasteiger partial charge in [-0.1, -0.05) is 19.9 Å². The van der Waals surface area contributed by atoms with E-state index >= 15 is 0 Å². The number of hydrogen-bond donors (Lipinski definition) is 1. The zero-order chi connectivity index (χ0) is 12.5. The van der Waals surface area contributed by atoms with Gasteiger partial charge in [0.1, 0.15) is 0 Å². The molecule has 0 saturated carbocycles. The molecule has 0 saturated heterocycles. The smallest absolute Gasteiger partial charge is 0.337 e. The summed E-state index contributed by atoms with van der Waals surface area (Å²) in [6, 6.07) is 4.42. The van der Waals surface area contributed by atoms with Crippen molar-refractivity contribution in [3.63, 3.8) is 0 Å². The average molecular weight is 242 g/mol. The summed E-state index contributed by atoms with van der Waals surface area (Å²) in [4.78, 5) is 10.8. The maximum Gasteiger partial charge on any atom is 0.337 e. The Bertz CT molecular complexity index is 515. The summed E-state index contributed by atoms with van der Waals surface area (Å²) in [6.07, 6.45) is 1.01. The van der Waals surface area contributed by atoms with Crippen LogP contribution in [-0.2, 0) is 9.84 Å². The van der Waals surface area contributed by atoms with Crippen molar-refractivity contribution in [2.75, 3.05) is 6.26 Å². The van der Waals surface area contributed by atoms with Crippen LogP contribution in [0.4, 0.5) is 0 Å². The van der Waals surface area contributed by atoms with Crippen LogP contribution in [-0.4, -0.2) is 25.7 Å². The number of carbonyl (C=O) groups is 1. The van der Waals surface area contributed by atoms with E-state index in [1.54, 1.807) is 6.07 Å². The highest BCUT2D eigenvalue weighted by Gasteiger charge is 2.19. The van der Waals surface area contributed by atoms with Crippen molar-refractivity contribution in [2.24, 2.45) is 0 Å². The molecular formula is C11H14O4S. The Balaban J connectivity index is 3.51. The molecule has 16 heavy (non-hydrogen) atoms. The van der Waals surface area contributed by atoms with E-state index < -0.39 is 15.8 Å². The third kappa shape index (κ3) is 2.61. The second-order valence-corrected chi connectivity index (χ2v) is 5.97. The molecule has 88 valence electrons. The number of hydrogen-bond acceptors (Lipinski definition) is 3. The van der Waals surface area contributed by atoms with Crippen LogP contribution in [0.1, 0.15) is 35.7 Å². The number of sulfone groups is 1. The molecule has 0 unspecified atom stereocenters. The summed E-state index contributed by atoms with van der Waals surface area (Å²) < 4.78 is 22.9. The van der Waals surface area contributed by atoms with E-state index in [1.807, 2.05) is 13.8 Å². The van der Waals surface area contributed by atoms with Crippen LogP contribution in [0.2, 0.25) is 0 Å². The molecule has 0 aromatic heterocycles. The lowest BCUT2D eigenvalue weighted by Crippen LogP contribution is -2.08. The number of carboxylic acid groups (broad SMARTS) is 1. The first kappa shape index (κ1) is 12.7. The van der Waals surface area contributed by atoms with Gasteiger partial charge >= 0.3 is 5.97 Å². The molecule has 0 heterocycles. The molecule has 0 aliphatic carbocycles. The lowest BCUT2D eigenvalue weighted by Gasteiger charge is -2.09. The summed E-state index contributed by atoms with van der Waals surface area (Å²) in [6.45, 7) is 3.84. The van der Waals surface area contributed by atoms with Crippen molar-refractivity contribution in [3.05, 3.63) is 29.3 Å². The molecule has 0 fully saturated rings. The maximum atomic E-state index is 11.5. The summed E-state index contributed by atoms with van der Waals surface area (Å²) in [5.41, 5.74) is 0.636. The van der Waals surface area contributed by atoms with E-state index in [1.165, 1.54) is 12.1 Å². The Hall–Kier alpha value is -1.36. The predicted octanol–water partition coefficient (Wildman–Crippen LogP) is 1.91. The predicted molar refractivity (Wildman–Crippen MR) is 60.6 cm³/mol. The standard InChI is InChI=1S/C11H14O4S/c1-7(2)8-4-5-9(11(12)13)10(6-8)16(3,14)15/h4-7H,1-3H3,(H,12,13). The van der Waals surface area contributed by atoms with Crippen LogP contribution in [0.3, 0.4) is 0 Å². The second-order valence-electron chi connectivity index (χ2n) is 3.99. The molecule has 0 radical (unpaired) electrons. The zero-order valence-corrected chi connectivity index (χ0v) is 10.2. The molecule has 0 amide bonds. The fourth-order valence-electron chi connectivity index (χ4n) is 1.38. The Morgan fingerprint density at radius 3 is 2.25 bits per heavy atom. The first-order chi connectivity index (χ1) is 7.23. The maximum absolute atomic E-state index is 11.5. The molecule has 1 aromatic rings. The van der Waals surface area contributed by atoms with Crippen LogP contribution in [0.15, 0.2) is 23.1 Å². The Kier molecular flexibility index (Phi) is 3.38. The number of carboxylic acids is 1. The summed E-state index contributed by atoms with van der Waals surface area (Å²) in [5.74, 6) is -1.07. The molecule has 0 aliphatic heterocycles. The van der Waals surface area contributed by atoms with Crippen LogP contribution in [0.25, 0.3) is 0 Å². The van der Waals surface area contributed by atoms with E-state index in [4.69, 9.17) is 5.11 Å². The van der Waals surface area contributed by atoms with E-state index in [2.05, 4.69) is 0 Å². The van der Waals surface area contributed by atoms with Gasteiger partial charge in [-0.3, -0.25) is 0 Å². The van der Waals surface area contributed by atoms with Gasteiger partial charge in [0.15, 0.2) is 9.84 Å². The van der Waals surface area contributed by atoms with Gasteiger partial charge in [-0.25, -0.2) is 13.2 Å². The van der Waals surface area contributed by atoms with E-state index in [9.17, 15) is 13.2 Å². The van der Waals surface area contributed by atoms with Gasteiger partial charge in [0, 0.05) is 6.26 Å². The van der Waals surface area contributed by atoms with Crippen molar-refractivity contribution in [3.8, 4) is 0 Å². The molecule has 1 rings (SSSR count). The zero-order valence-electron chi connectivity index (χ0n) is 9.39. The normalized spacial score (nSPS) is 11.8. The average Bonchev–Trinajstić information content (AvgIpc) is 2.15. The Morgan fingerprint density at radius 2 is 1.88 bits per heavy atom. The minimum absolute atomic E-state index is 0.119. The lowest BCUT2D eigenvalue weighted by molar-refractivity contribution is 0.0692. The second kappa shape index (κ2) is 4.25. The lowest BCUT2D eigenvalue weighted by atomic mass is 10.0. The first-order valence-corrected chi connectivity index (χ1v) is 6.70. The molecule has 4 nitrogen and oxygen atoms in total. The molecule has 0 aliphatic rings. The van der Waals surface area contributed by atoms with Gasteiger partial charge in [0.2, 0.25) is 0 Å². The minimum Gasteiger partial charge on any atom is -0.478 e. The van der Waals surface area contributed by atoms with Gasteiger partial charge in [-0.2, -0.15) is 0 Å². The number of rotatable bonds is 3. The Labute approximate surface area is 94.8 Å². The summed E-state index contributed by atoms with van der Waals surface area (Å²) >= 11 is 0. The molecule has 0 spiro atoms. The van der Waals surface area contributed by atoms with Crippen molar-refractivity contribution in [2.45, 2.75) is 24.7 Å². The SMILES string of the molecule is CC(C)c1ccc(C(=O)O)c(S(C)(=O)=O)c1. The van der Waals surface area contributed by atoms with E-state index in [0.717, 1.165) is 11.8 Å². The van der Waals surface area contributed by atoms with Crippen molar-refractivity contribution >= 4 is 15.8 Å². The quantitative estimate of drug-likeness (QED) is 0.878. The van der Waals surface area contributed by atoms with E-state index in [0.29, 0.717) is 0 Å². The van der Waals surface area contributed by atoms with Gasteiger partial charge in [0.05, 0.1) is 10.5 Å². The van der Waals surface area contributed by atoms with Crippen molar-refractivity contribution in [1.82, 2.24) is 0 Å². The highest BCUT2D eigenvalue weighted by atomic mass is 32.2. The Morgan fingerprint density at radius 1 is 1.31 bits per heavy atom. The molecule has 0 atom stereocenters. The van der Waals surface area contributed by atoms with Gasteiger partial charge < -0.3 is 5.11 Å². The third-order valence-corrected chi connectivity index (χ3v) is 3.44. The number of aromatic carboxylic acids is 1. The van der Waals surface area contributed by atoms with Gasteiger partial charge in [0.25, 0.3) is 0 Å². The minimum atomic E-state index is -3.52.